The van der Waals surface area contributed by atoms with Gasteiger partial charge in [0.2, 0.25) is 0 Å². The molecule has 7 heteroatoms. The van der Waals surface area contributed by atoms with E-state index in [9.17, 15) is 9.59 Å². The molecular weight excluding hydrogens is 382 g/mol. The minimum Gasteiger partial charge on any atom is -0.481 e. The van der Waals surface area contributed by atoms with Crippen LogP contribution in [0, 0.1) is 25.7 Å². The largest absolute Gasteiger partial charge is 0.481 e. The Morgan fingerprint density at radius 3 is 2.27 bits per heavy atom. The summed E-state index contributed by atoms with van der Waals surface area (Å²) in [6.45, 7) is 9.02. The summed E-state index contributed by atoms with van der Waals surface area (Å²) in [5, 5.41) is 10.9. The summed E-state index contributed by atoms with van der Waals surface area (Å²) >= 11 is 0. The second-order valence-electron chi connectivity index (χ2n) is 8.10. The highest BCUT2D eigenvalue weighted by Crippen LogP contribution is 2.43. The first-order chi connectivity index (χ1) is 14.2. The number of hydrogen-bond donors (Lipinski definition) is 3. The predicted octanol–water partition coefficient (Wildman–Crippen LogP) is 2.96. The van der Waals surface area contributed by atoms with E-state index in [2.05, 4.69) is 22.4 Å². The van der Waals surface area contributed by atoms with Crippen LogP contribution < -0.4 is 5.32 Å². The number of hydrogen-bond acceptors (Lipinski definition) is 4. The fourth-order valence-electron chi connectivity index (χ4n) is 4.77. The number of carbonyl (C=O) groups excluding carboxylic acids is 2. The number of nitrogens with zero attached hydrogens (tertiary/aromatic N) is 1. The second-order valence-corrected chi connectivity index (χ2v) is 8.10. The minimum atomic E-state index is -0.833. The van der Waals surface area contributed by atoms with Gasteiger partial charge in [0.1, 0.15) is 0 Å². The molecule has 0 spiro atoms. The summed E-state index contributed by atoms with van der Waals surface area (Å²) in [6, 6.07) is 10.4. The van der Waals surface area contributed by atoms with Gasteiger partial charge in [0.05, 0.1) is 17.3 Å². The van der Waals surface area contributed by atoms with Crippen molar-refractivity contribution in [2.75, 3.05) is 19.6 Å². The van der Waals surface area contributed by atoms with Crippen LogP contribution in [-0.4, -0.2) is 52.3 Å². The number of aromatic amines is 1. The number of amides is 1. The van der Waals surface area contributed by atoms with Gasteiger partial charge in [-0.05, 0) is 30.9 Å². The molecule has 2 aliphatic rings. The van der Waals surface area contributed by atoms with Gasteiger partial charge in [-0.3, -0.25) is 14.4 Å². The van der Waals surface area contributed by atoms with E-state index in [0.717, 1.165) is 37.8 Å². The predicted molar refractivity (Wildman–Crippen MR) is 114 cm³/mol. The minimum absolute atomic E-state index is 0.0343. The van der Waals surface area contributed by atoms with Gasteiger partial charge >= 0.3 is 0 Å². The fraction of sp³-hybridized carbons (Fsp3) is 0.435. The lowest BCUT2D eigenvalue weighted by Gasteiger charge is -2.29. The molecule has 2 aliphatic heterocycles. The standard InChI is InChI=1S/C21H25N3O2.C2H4O2/c1-12-18(13(2)23-19(12)14(3)25)21(26)24-11-16-9-22-10-17(16)20(24)15-7-5-4-6-8-15;1-2(3)4/h4-8,16-17,20,22-23H,9-11H2,1-3H3;1H3,(H,3,4)/t16-,17-,20-;/m0./s1. The van der Waals surface area contributed by atoms with Crippen molar-refractivity contribution in [1.82, 2.24) is 15.2 Å². The maximum atomic E-state index is 13.5. The van der Waals surface area contributed by atoms with Crippen LogP contribution in [0.15, 0.2) is 30.3 Å². The number of aromatic nitrogens is 1. The molecule has 0 aliphatic carbocycles. The number of carboxylic acids is 1. The lowest BCUT2D eigenvalue weighted by atomic mass is 9.89. The van der Waals surface area contributed by atoms with Gasteiger partial charge in [-0.1, -0.05) is 30.3 Å². The average Bonchev–Trinajstić information content (AvgIpc) is 3.34. The van der Waals surface area contributed by atoms with Crippen LogP contribution in [0.4, 0.5) is 0 Å². The van der Waals surface area contributed by atoms with Gasteiger partial charge in [-0.25, -0.2) is 0 Å². The zero-order valence-corrected chi connectivity index (χ0v) is 17.9. The van der Waals surface area contributed by atoms with Crippen molar-refractivity contribution in [3.63, 3.8) is 0 Å². The molecule has 1 aromatic heterocycles. The van der Waals surface area contributed by atoms with E-state index in [1.807, 2.05) is 36.9 Å². The first-order valence-electron chi connectivity index (χ1n) is 10.2. The van der Waals surface area contributed by atoms with Crippen LogP contribution >= 0.6 is 0 Å². The van der Waals surface area contributed by atoms with Crippen molar-refractivity contribution in [3.05, 3.63) is 58.4 Å². The topological polar surface area (TPSA) is 102 Å². The van der Waals surface area contributed by atoms with E-state index >= 15 is 0 Å². The number of likely N-dealkylation sites (tertiary alicyclic amines) is 1. The molecule has 2 aromatic rings. The monoisotopic (exact) mass is 411 g/mol. The number of aliphatic carboxylic acids is 1. The number of H-pyrrole nitrogens is 1. The number of fused-ring (bicyclic) bond motifs is 1. The van der Waals surface area contributed by atoms with Crippen LogP contribution in [0.3, 0.4) is 0 Å². The van der Waals surface area contributed by atoms with Gasteiger partial charge < -0.3 is 20.3 Å². The number of carboxylic acid groups (broad SMARTS) is 1. The second kappa shape index (κ2) is 8.83. The molecule has 1 amide bonds. The molecule has 4 rings (SSSR count). The van der Waals surface area contributed by atoms with E-state index in [-0.39, 0.29) is 17.7 Å². The Kier molecular flexibility index (Phi) is 6.41. The lowest BCUT2D eigenvalue weighted by Crippen LogP contribution is -2.35. The molecule has 0 radical (unpaired) electrons. The summed E-state index contributed by atoms with van der Waals surface area (Å²) in [5.74, 6) is 0.0860. The third kappa shape index (κ3) is 4.16. The number of ketones is 1. The van der Waals surface area contributed by atoms with Crippen LogP contribution in [0.1, 0.15) is 57.6 Å². The molecule has 2 fully saturated rings. The highest BCUT2D eigenvalue weighted by atomic mass is 16.4. The molecule has 0 bridgehead atoms. The third-order valence-corrected chi connectivity index (χ3v) is 5.97. The molecule has 30 heavy (non-hydrogen) atoms. The number of carbonyl (C=O) groups is 3. The van der Waals surface area contributed by atoms with Gasteiger partial charge in [-0.2, -0.15) is 0 Å². The number of rotatable bonds is 3. The third-order valence-electron chi connectivity index (χ3n) is 5.97. The Morgan fingerprint density at radius 1 is 1.07 bits per heavy atom. The Bertz CT molecular complexity index is 947. The zero-order chi connectivity index (χ0) is 22.0. The van der Waals surface area contributed by atoms with Crippen molar-refractivity contribution >= 4 is 17.7 Å². The van der Waals surface area contributed by atoms with Crippen molar-refractivity contribution in [2.45, 2.75) is 33.7 Å². The van der Waals surface area contributed by atoms with E-state index in [4.69, 9.17) is 9.90 Å². The Balaban J connectivity index is 0.000000589. The van der Waals surface area contributed by atoms with Crippen molar-refractivity contribution < 1.29 is 19.5 Å². The maximum Gasteiger partial charge on any atom is 0.300 e. The number of nitrogens with one attached hydrogen (secondary N) is 2. The quantitative estimate of drug-likeness (QED) is 0.674. The zero-order valence-electron chi connectivity index (χ0n) is 17.9. The smallest absolute Gasteiger partial charge is 0.300 e. The highest BCUT2D eigenvalue weighted by molar-refractivity contribution is 6.02. The van der Waals surface area contributed by atoms with Gasteiger partial charge in [0.15, 0.2) is 5.78 Å². The van der Waals surface area contributed by atoms with Crippen LogP contribution in [0.2, 0.25) is 0 Å². The van der Waals surface area contributed by atoms with Crippen molar-refractivity contribution in [1.29, 1.82) is 0 Å². The van der Waals surface area contributed by atoms with Gasteiger partial charge in [-0.15, -0.1) is 0 Å². The Morgan fingerprint density at radius 2 is 1.70 bits per heavy atom. The Labute approximate surface area is 176 Å². The van der Waals surface area contributed by atoms with Gasteiger partial charge in [0, 0.05) is 45.1 Å². The van der Waals surface area contributed by atoms with Crippen LogP contribution in [0.25, 0.3) is 0 Å². The van der Waals surface area contributed by atoms with Crippen LogP contribution in [-0.2, 0) is 4.79 Å². The van der Waals surface area contributed by atoms with Gasteiger partial charge in [0.25, 0.3) is 11.9 Å². The fourth-order valence-corrected chi connectivity index (χ4v) is 4.77. The summed E-state index contributed by atoms with van der Waals surface area (Å²) in [7, 11) is 0. The Hall–Kier alpha value is -2.93. The van der Waals surface area contributed by atoms with Crippen LogP contribution in [0.5, 0.6) is 0 Å². The molecule has 2 saturated heterocycles. The first-order valence-corrected chi connectivity index (χ1v) is 10.2. The summed E-state index contributed by atoms with van der Waals surface area (Å²) in [5.41, 5.74) is 3.93. The van der Waals surface area contributed by atoms with E-state index in [0.29, 0.717) is 23.1 Å². The molecular formula is C23H29N3O4. The van der Waals surface area contributed by atoms with E-state index in [1.165, 1.54) is 12.5 Å². The number of aryl methyl sites for hydroxylation is 1. The normalized spacial score (nSPS) is 22.3. The molecule has 1 aromatic carbocycles. The molecule has 3 heterocycles. The van der Waals surface area contributed by atoms with E-state index in [1.54, 1.807) is 0 Å². The molecule has 3 N–H and O–H groups in total. The summed E-state index contributed by atoms with van der Waals surface area (Å²) in [4.78, 5) is 39.5. The molecule has 0 saturated carbocycles. The summed E-state index contributed by atoms with van der Waals surface area (Å²) < 4.78 is 0. The molecule has 3 atom stereocenters. The molecule has 160 valence electrons. The lowest BCUT2D eigenvalue weighted by molar-refractivity contribution is -0.134. The number of Topliss-reactive ketones (excluding diaryl/α,β-unsaturated/α-hetero) is 1. The van der Waals surface area contributed by atoms with Crippen molar-refractivity contribution in [2.24, 2.45) is 11.8 Å². The number of benzene rings is 1. The molecule has 0 unspecified atom stereocenters. The highest BCUT2D eigenvalue weighted by Gasteiger charge is 2.47. The first kappa shape index (κ1) is 21.8. The van der Waals surface area contributed by atoms with E-state index < -0.39 is 5.97 Å². The SMILES string of the molecule is CC(=O)O.CC(=O)c1[nH]c(C)c(C(=O)N2C[C@@H]3CNC[C@@H]3[C@@H]2c2ccccc2)c1C. The molecule has 7 nitrogen and oxygen atoms in total. The maximum absolute atomic E-state index is 13.5. The summed E-state index contributed by atoms with van der Waals surface area (Å²) in [6.07, 6.45) is 0. The van der Waals surface area contributed by atoms with Crippen molar-refractivity contribution in [3.8, 4) is 0 Å². The average molecular weight is 412 g/mol.